The number of nitrogens with two attached hydrogens (primary N) is 1. The Labute approximate surface area is 142 Å². The van der Waals surface area contributed by atoms with Crippen molar-refractivity contribution < 1.29 is 14.3 Å². The summed E-state index contributed by atoms with van der Waals surface area (Å²) in [6.45, 7) is 3.40. The van der Waals surface area contributed by atoms with Crippen molar-refractivity contribution in [1.29, 1.82) is 0 Å². The van der Waals surface area contributed by atoms with Gasteiger partial charge in [0.2, 0.25) is 5.91 Å². The number of benzene rings is 2. The van der Waals surface area contributed by atoms with Crippen molar-refractivity contribution in [2.75, 3.05) is 25.2 Å². The van der Waals surface area contributed by atoms with Crippen LogP contribution in [0.3, 0.4) is 0 Å². The maximum atomic E-state index is 11.5. The average molecular weight is 326 g/mol. The second-order valence-electron chi connectivity index (χ2n) is 5.95. The summed E-state index contributed by atoms with van der Waals surface area (Å²) in [5.74, 6) is 0.389. The minimum Gasteiger partial charge on any atom is -0.497 e. The monoisotopic (exact) mass is 326 g/mol. The summed E-state index contributed by atoms with van der Waals surface area (Å²) < 4.78 is 11.2. The van der Waals surface area contributed by atoms with Gasteiger partial charge in [-0.25, -0.2) is 0 Å². The van der Waals surface area contributed by atoms with E-state index < -0.39 is 5.91 Å². The molecule has 0 aromatic heterocycles. The SMILES string of the molecule is COc1cccc(N2CCOC(C)Cc3cc(C(N)=O)ccc32)c1. The van der Waals surface area contributed by atoms with E-state index in [1.807, 2.05) is 43.3 Å². The zero-order valence-corrected chi connectivity index (χ0v) is 14.0. The molecule has 24 heavy (non-hydrogen) atoms. The van der Waals surface area contributed by atoms with Crippen LogP contribution in [0.2, 0.25) is 0 Å². The number of fused-ring (bicyclic) bond motifs is 1. The third-order valence-electron chi connectivity index (χ3n) is 4.24. The highest BCUT2D eigenvalue weighted by atomic mass is 16.5. The fourth-order valence-electron chi connectivity index (χ4n) is 3.05. The lowest BCUT2D eigenvalue weighted by molar-refractivity contribution is 0.0702. The van der Waals surface area contributed by atoms with Crippen LogP contribution in [0.4, 0.5) is 11.4 Å². The van der Waals surface area contributed by atoms with E-state index in [1.165, 1.54) is 0 Å². The molecule has 0 saturated heterocycles. The molecule has 3 rings (SSSR count). The molecular formula is C19H22N2O3. The predicted octanol–water partition coefficient (Wildman–Crippen LogP) is 2.89. The normalized spacial score (nSPS) is 17.6. The van der Waals surface area contributed by atoms with Gasteiger partial charge in [-0.05, 0) is 42.8 Å². The van der Waals surface area contributed by atoms with Crippen molar-refractivity contribution in [3.63, 3.8) is 0 Å². The number of ether oxygens (including phenoxy) is 2. The number of carbonyl (C=O) groups excluding carboxylic acids is 1. The molecule has 2 aromatic rings. The quantitative estimate of drug-likeness (QED) is 0.942. The number of carbonyl (C=O) groups is 1. The fraction of sp³-hybridized carbons (Fsp3) is 0.316. The third kappa shape index (κ3) is 3.36. The van der Waals surface area contributed by atoms with Gasteiger partial charge in [0.25, 0.3) is 0 Å². The second kappa shape index (κ2) is 6.93. The summed E-state index contributed by atoms with van der Waals surface area (Å²) in [5, 5.41) is 0. The summed E-state index contributed by atoms with van der Waals surface area (Å²) in [6, 6.07) is 13.5. The molecule has 0 bridgehead atoms. The molecule has 1 atom stereocenters. The van der Waals surface area contributed by atoms with E-state index >= 15 is 0 Å². The first-order valence-electron chi connectivity index (χ1n) is 8.04. The lowest BCUT2D eigenvalue weighted by Gasteiger charge is -2.31. The summed E-state index contributed by atoms with van der Waals surface area (Å²) in [5.41, 5.74) is 9.11. The van der Waals surface area contributed by atoms with Crippen molar-refractivity contribution in [3.05, 3.63) is 53.6 Å². The van der Waals surface area contributed by atoms with Crippen LogP contribution < -0.4 is 15.4 Å². The standard InChI is InChI=1S/C19H22N2O3/c1-13-10-15-11-14(19(20)22)6-7-18(15)21(8-9-24-13)16-4-3-5-17(12-16)23-2/h3-7,11-13H,8-10H2,1-2H3,(H2,20,22). The van der Waals surface area contributed by atoms with Gasteiger partial charge in [-0.2, -0.15) is 0 Å². The zero-order chi connectivity index (χ0) is 17.1. The summed E-state index contributed by atoms with van der Waals surface area (Å²) in [4.78, 5) is 13.7. The number of anilines is 2. The predicted molar refractivity (Wildman–Crippen MR) is 94.1 cm³/mol. The van der Waals surface area contributed by atoms with Gasteiger partial charge in [0.15, 0.2) is 0 Å². The van der Waals surface area contributed by atoms with E-state index in [9.17, 15) is 4.79 Å². The Balaban J connectivity index is 2.07. The lowest BCUT2D eigenvalue weighted by Crippen LogP contribution is -2.29. The number of hydrogen-bond donors (Lipinski definition) is 1. The molecule has 1 aliphatic rings. The van der Waals surface area contributed by atoms with Crippen molar-refractivity contribution >= 4 is 17.3 Å². The largest absolute Gasteiger partial charge is 0.497 e. The number of rotatable bonds is 3. The lowest BCUT2D eigenvalue weighted by atomic mass is 10.0. The number of methoxy groups -OCH3 is 1. The molecular weight excluding hydrogens is 304 g/mol. The molecule has 0 spiro atoms. The Morgan fingerprint density at radius 3 is 2.88 bits per heavy atom. The maximum Gasteiger partial charge on any atom is 0.248 e. The topological polar surface area (TPSA) is 64.8 Å². The Hall–Kier alpha value is -2.53. The van der Waals surface area contributed by atoms with Crippen LogP contribution in [0.1, 0.15) is 22.8 Å². The Kier molecular flexibility index (Phi) is 4.71. The van der Waals surface area contributed by atoms with E-state index in [4.69, 9.17) is 15.2 Å². The number of amides is 1. The average Bonchev–Trinajstić information content (AvgIpc) is 2.57. The molecule has 126 valence electrons. The fourth-order valence-corrected chi connectivity index (χ4v) is 3.05. The van der Waals surface area contributed by atoms with Crippen LogP contribution in [0.15, 0.2) is 42.5 Å². The van der Waals surface area contributed by atoms with Crippen LogP contribution in [0, 0.1) is 0 Å². The highest BCUT2D eigenvalue weighted by molar-refractivity contribution is 5.93. The number of nitrogens with zero attached hydrogens (tertiary/aromatic N) is 1. The Bertz CT molecular complexity index is 745. The summed E-state index contributed by atoms with van der Waals surface area (Å²) >= 11 is 0. The van der Waals surface area contributed by atoms with Crippen molar-refractivity contribution in [2.24, 2.45) is 5.73 Å². The Morgan fingerprint density at radius 1 is 1.29 bits per heavy atom. The smallest absolute Gasteiger partial charge is 0.248 e. The highest BCUT2D eigenvalue weighted by Gasteiger charge is 2.20. The second-order valence-corrected chi connectivity index (χ2v) is 5.95. The third-order valence-corrected chi connectivity index (χ3v) is 4.24. The van der Waals surface area contributed by atoms with Gasteiger partial charge in [0.05, 0.1) is 19.8 Å². The van der Waals surface area contributed by atoms with E-state index in [2.05, 4.69) is 4.90 Å². The van der Waals surface area contributed by atoms with E-state index in [1.54, 1.807) is 13.2 Å². The van der Waals surface area contributed by atoms with Crippen LogP contribution in [0.5, 0.6) is 5.75 Å². The zero-order valence-electron chi connectivity index (χ0n) is 14.0. The molecule has 1 aliphatic heterocycles. The van der Waals surface area contributed by atoms with Crippen LogP contribution in [-0.2, 0) is 11.2 Å². The molecule has 0 radical (unpaired) electrons. The summed E-state index contributed by atoms with van der Waals surface area (Å²) in [7, 11) is 1.66. The van der Waals surface area contributed by atoms with Gasteiger partial charge >= 0.3 is 0 Å². The van der Waals surface area contributed by atoms with Gasteiger partial charge in [-0.3, -0.25) is 4.79 Å². The van der Waals surface area contributed by atoms with Crippen molar-refractivity contribution in [3.8, 4) is 5.75 Å². The van der Waals surface area contributed by atoms with E-state index in [-0.39, 0.29) is 6.10 Å². The van der Waals surface area contributed by atoms with Gasteiger partial charge in [-0.1, -0.05) is 6.07 Å². The minimum absolute atomic E-state index is 0.0966. The first-order chi connectivity index (χ1) is 11.6. The van der Waals surface area contributed by atoms with Crippen LogP contribution >= 0.6 is 0 Å². The minimum atomic E-state index is -0.415. The molecule has 0 fully saturated rings. The summed E-state index contributed by atoms with van der Waals surface area (Å²) in [6.07, 6.45) is 0.830. The van der Waals surface area contributed by atoms with Gasteiger partial charge in [0, 0.05) is 36.0 Å². The molecule has 5 heteroatoms. The molecule has 5 nitrogen and oxygen atoms in total. The molecule has 1 unspecified atom stereocenters. The molecule has 0 saturated carbocycles. The van der Waals surface area contributed by atoms with E-state index in [0.717, 1.165) is 35.7 Å². The van der Waals surface area contributed by atoms with Crippen LogP contribution in [0.25, 0.3) is 0 Å². The van der Waals surface area contributed by atoms with Gasteiger partial charge < -0.3 is 20.1 Å². The van der Waals surface area contributed by atoms with E-state index in [0.29, 0.717) is 12.2 Å². The van der Waals surface area contributed by atoms with Crippen LogP contribution in [-0.4, -0.2) is 32.3 Å². The molecule has 2 N–H and O–H groups in total. The van der Waals surface area contributed by atoms with Gasteiger partial charge in [0.1, 0.15) is 5.75 Å². The molecule has 1 heterocycles. The molecule has 0 aliphatic carbocycles. The first-order valence-corrected chi connectivity index (χ1v) is 8.04. The molecule has 1 amide bonds. The highest BCUT2D eigenvalue weighted by Crippen LogP contribution is 2.33. The number of hydrogen-bond acceptors (Lipinski definition) is 4. The molecule has 2 aromatic carbocycles. The first kappa shape index (κ1) is 16.3. The number of primary amides is 1. The van der Waals surface area contributed by atoms with Gasteiger partial charge in [-0.15, -0.1) is 0 Å². The maximum absolute atomic E-state index is 11.5. The van der Waals surface area contributed by atoms with Crippen molar-refractivity contribution in [1.82, 2.24) is 0 Å². The Morgan fingerprint density at radius 2 is 2.12 bits per heavy atom. The van der Waals surface area contributed by atoms with Crippen molar-refractivity contribution in [2.45, 2.75) is 19.4 Å².